The van der Waals surface area contributed by atoms with Gasteiger partial charge in [-0.2, -0.15) is 0 Å². The summed E-state index contributed by atoms with van der Waals surface area (Å²) in [4.78, 5) is 26.9. The Hall–Kier alpha value is -2.24. The van der Waals surface area contributed by atoms with Gasteiger partial charge in [0.25, 0.3) is 0 Å². The number of fused-ring (bicyclic) bond motifs is 1. The number of para-hydroxylation sites is 2. The Labute approximate surface area is 154 Å². The fraction of sp³-hybridized carbons (Fsp3) is 0.600. The summed E-state index contributed by atoms with van der Waals surface area (Å²) in [7, 11) is 3.44. The van der Waals surface area contributed by atoms with Gasteiger partial charge < -0.3 is 19.7 Å². The predicted octanol–water partition coefficient (Wildman–Crippen LogP) is 2.37. The van der Waals surface area contributed by atoms with Crippen LogP contribution >= 0.6 is 0 Å². The summed E-state index contributed by atoms with van der Waals surface area (Å²) in [5.41, 5.74) is -0.439. The maximum absolute atomic E-state index is 13.0. The van der Waals surface area contributed by atoms with Crippen LogP contribution in [0.1, 0.15) is 38.5 Å². The number of methoxy groups -OCH3 is 1. The highest BCUT2D eigenvalue weighted by Gasteiger charge is 2.52. The third-order valence-electron chi connectivity index (χ3n) is 5.80. The average Bonchev–Trinajstić information content (AvgIpc) is 2.68. The number of carbonyl (C=O) groups excluding carboxylic acids is 2. The second-order valence-corrected chi connectivity index (χ2v) is 7.18. The summed E-state index contributed by atoms with van der Waals surface area (Å²) in [5.74, 6) is 1.56. The molecule has 0 bridgehead atoms. The van der Waals surface area contributed by atoms with Crippen molar-refractivity contribution in [2.45, 2.75) is 44.6 Å². The molecule has 26 heavy (non-hydrogen) atoms. The number of amides is 2. The molecule has 2 atom stereocenters. The predicted molar refractivity (Wildman–Crippen MR) is 98.2 cm³/mol. The summed E-state index contributed by atoms with van der Waals surface area (Å²) >= 11 is 0. The van der Waals surface area contributed by atoms with Crippen molar-refractivity contribution in [3.05, 3.63) is 24.3 Å². The third-order valence-corrected chi connectivity index (χ3v) is 5.80. The van der Waals surface area contributed by atoms with Gasteiger partial charge in [-0.05, 0) is 31.4 Å². The molecule has 1 aliphatic heterocycles. The zero-order valence-corrected chi connectivity index (χ0v) is 15.6. The molecule has 1 N–H and O–H groups in total. The van der Waals surface area contributed by atoms with Crippen LogP contribution in [0.25, 0.3) is 0 Å². The van der Waals surface area contributed by atoms with Crippen molar-refractivity contribution < 1.29 is 19.1 Å². The van der Waals surface area contributed by atoms with Gasteiger partial charge in [0.15, 0.2) is 11.5 Å². The Bertz CT molecular complexity index is 663. The van der Waals surface area contributed by atoms with Crippen LogP contribution in [0.2, 0.25) is 0 Å². The van der Waals surface area contributed by atoms with Gasteiger partial charge in [0, 0.05) is 19.5 Å². The summed E-state index contributed by atoms with van der Waals surface area (Å²) < 4.78 is 11.0. The number of nitrogens with one attached hydrogen (secondary N) is 1. The van der Waals surface area contributed by atoms with E-state index in [1.165, 1.54) is 0 Å². The molecule has 2 fully saturated rings. The molecule has 1 aliphatic carbocycles. The number of carbonyl (C=O) groups is 2. The first-order chi connectivity index (χ1) is 12.6. The number of nitrogens with zero attached hydrogens (tertiary/aromatic N) is 1. The number of likely N-dealkylation sites (tertiary alicyclic amines) is 1. The topological polar surface area (TPSA) is 67.9 Å². The van der Waals surface area contributed by atoms with Gasteiger partial charge in [-0.15, -0.1) is 0 Å². The van der Waals surface area contributed by atoms with Crippen molar-refractivity contribution >= 4 is 11.8 Å². The Kier molecular flexibility index (Phi) is 5.69. The normalized spacial score (nSPS) is 25.4. The lowest BCUT2D eigenvalue weighted by Gasteiger charge is -2.50. The minimum atomic E-state index is -0.439. The molecule has 1 heterocycles. The van der Waals surface area contributed by atoms with Crippen molar-refractivity contribution in [1.29, 1.82) is 0 Å². The zero-order valence-electron chi connectivity index (χ0n) is 15.6. The molecule has 0 radical (unpaired) electrons. The average molecular weight is 360 g/mol. The molecule has 2 aliphatic rings. The Balaban J connectivity index is 1.57. The molecule has 0 spiro atoms. The van der Waals surface area contributed by atoms with Gasteiger partial charge in [0.1, 0.15) is 6.61 Å². The van der Waals surface area contributed by atoms with E-state index in [1.807, 2.05) is 31.3 Å². The smallest absolute Gasteiger partial charge is 0.228 e. The number of benzene rings is 1. The van der Waals surface area contributed by atoms with E-state index in [9.17, 15) is 9.59 Å². The maximum Gasteiger partial charge on any atom is 0.228 e. The largest absolute Gasteiger partial charge is 0.493 e. The molecule has 1 saturated heterocycles. The van der Waals surface area contributed by atoms with E-state index in [0.717, 1.165) is 25.7 Å². The Morgan fingerprint density at radius 3 is 2.81 bits per heavy atom. The van der Waals surface area contributed by atoms with Crippen LogP contribution in [-0.2, 0) is 9.59 Å². The number of rotatable bonds is 6. The first-order valence-corrected chi connectivity index (χ1v) is 9.38. The van der Waals surface area contributed by atoms with Crippen molar-refractivity contribution in [2.75, 3.05) is 27.3 Å². The van der Waals surface area contributed by atoms with Crippen LogP contribution < -0.4 is 14.8 Å². The van der Waals surface area contributed by atoms with Crippen molar-refractivity contribution in [3.8, 4) is 11.5 Å². The van der Waals surface area contributed by atoms with Crippen LogP contribution in [0, 0.1) is 5.41 Å². The summed E-state index contributed by atoms with van der Waals surface area (Å²) in [6.07, 6.45) is 5.00. The van der Waals surface area contributed by atoms with E-state index in [0.29, 0.717) is 37.5 Å². The molecule has 1 aromatic carbocycles. The van der Waals surface area contributed by atoms with Crippen LogP contribution in [-0.4, -0.2) is 50.1 Å². The highest BCUT2D eigenvalue weighted by Crippen LogP contribution is 2.46. The van der Waals surface area contributed by atoms with Gasteiger partial charge >= 0.3 is 0 Å². The highest BCUT2D eigenvalue weighted by atomic mass is 16.5. The van der Waals surface area contributed by atoms with E-state index < -0.39 is 5.41 Å². The number of hydrogen-bond acceptors (Lipinski definition) is 4. The molecule has 1 aromatic rings. The second-order valence-electron chi connectivity index (χ2n) is 7.18. The molecule has 0 aromatic heterocycles. The molecule has 1 saturated carbocycles. The summed E-state index contributed by atoms with van der Waals surface area (Å²) in [6.45, 7) is 0.810. The van der Waals surface area contributed by atoms with Gasteiger partial charge in [-0.3, -0.25) is 9.59 Å². The van der Waals surface area contributed by atoms with Crippen molar-refractivity contribution in [2.24, 2.45) is 5.41 Å². The molecular formula is C20H28N2O4. The van der Waals surface area contributed by atoms with Gasteiger partial charge in [0.05, 0.1) is 19.1 Å². The van der Waals surface area contributed by atoms with Crippen LogP contribution in [0.15, 0.2) is 24.3 Å². The van der Waals surface area contributed by atoms with E-state index in [-0.39, 0.29) is 17.9 Å². The lowest BCUT2D eigenvalue weighted by molar-refractivity contribution is -0.153. The molecule has 0 unspecified atom stereocenters. The molecule has 142 valence electrons. The summed E-state index contributed by atoms with van der Waals surface area (Å²) in [5, 5.41) is 3.04. The molecule has 2 amide bonds. The fourth-order valence-electron chi connectivity index (χ4n) is 4.38. The standard InChI is InChI=1S/C20H28N2O4/c1-22-17-9-5-6-11-20(17,12-10-18(22)23)19(24)21-13-14-26-16-8-4-3-7-15(16)25-2/h3-4,7-8,17H,5-6,9-14H2,1-2H3,(H,21,24)/t17-,20-/m1/s1. The van der Waals surface area contributed by atoms with Crippen molar-refractivity contribution in [3.63, 3.8) is 0 Å². The van der Waals surface area contributed by atoms with E-state index >= 15 is 0 Å². The van der Waals surface area contributed by atoms with E-state index in [4.69, 9.17) is 9.47 Å². The number of hydrogen-bond donors (Lipinski definition) is 1. The fourth-order valence-corrected chi connectivity index (χ4v) is 4.38. The Morgan fingerprint density at radius 1 is 1.27 bits per heavy atom. The molecule has 6 heteroatoms. The van der Waals surface area contributed by atoms with Crippen LogP contribution in [0.5, 0.6) is 11.5 Å². The molecule has 3 rings (SSSR count). The molecule has 6 nitrogen and oxygen atoms in total. The highest BCUT2D eigenvalue weighted by molar-refractivity contribution is 5.87. The third kappa shape index (κ3) is 3.50. The first kappa shape index (κ1) is 18.5. The minimum absolute atomic E-state index is 0.0210. The Morgan fingerprint density at radius 2 is 2.04 bits per heavy atom. The number of piperidine rings is 1. The first-order valence-electron chi connectivity index (χ1n) is 9.38. The van der Waals surface area contributed by atoms with Gasteiger partial charge in [-0.25, -0.2) is 0 Å². The SMILES string of the molecule is COc1ccccc1OCCNC(=O)[C@@]12CCCC[C@H]1N(C)C(=O)CC2. The van der Waals surface area contributed by atoms with Crippen LogP contribution in [0.4, 0.5) is 0 Å². The lowest BCUT2D eigenvalue weighted by Crippen LogP contribution is -2.60. The van der Waals surface area contributed by atoms with Gasteiger partial charge in [0.2, 0.25) is 11.8 Å². The lowest BCUT2D eigenvalue weighted by atomic mass is 9.64. The molecular weight excluding hydrogens is 332 g/mol. The second kappa shape index (κ2) is 7.98. The minimum Gasteiger partial charge on any atom is -0.493 e. The van der Waals surface area contributed by atoms with Crippen molar-refractivity contribution in [1.82, 2.24) is 10.2 Å². The van der Waals surface area contributed by atoms with E-state index in [1.54, 1.807) is 12.0 Å². The quantitative estimate of drug-likeness (QED) is 0.791. The maximum atomic E-state index is 13.0. The zero-order chi connectivity index (χ0) is 18.6. The summed E-state index contributed by atoms with van der Waals surface area (Å²) in [6, 6.07) is 7.48. The van der Waals surface area contributed by atoms with Gasteiger partial charge in [-0.1, -0.05) is 25.0 Å². The van der Waals surface area contributed by atoms with E-state index in [2.05, 4.69) is 5.32 Å². The number of ether oxygens (including phenoxy) is 2. The van der Waals surface area contributed by atoms with Crippen LogP contribution in [0.3, 0.4) is 0 Å². The monoisotopic (exact) mass is 360 g/mol.